The van der Waals surface area contributed by atoms with Crippen LogP contribution in [0.5, 0.6) is 0 Å². The first-order valence-electron chi connectivity index (χ1n) is 6.37. The molecule has 0 radical (unpaired) electrons. The van der Waals surface area contributed by atoms with Crippen molar-refractivity contribution in [3.63, 3.8) is 0 Å². The van der Waals surface area contributed by atoms with Crippen LogP contribution in [0.15, 0.2) is 12.7 Å². The zero-order valence-corrected chi connectivity index (χ0v) is 12.4. The number of carbonyl (C=O) groups excluding carboxylic acids is 1. The first kappa shape index (κ1) is 18.4. The van der Waals surface area contributed by atoms with Crippen LogP contribution in [0.2, 0.25) is 0 Å². The van der Waals surface area contributed by atoms with Crippen molar-refractivity contribution in [3.05, 3.63) is 12.7 Å². The smallest absolute Gasteiger partial charge is 0.246 e. The van der Waals surface area contributed by atoms with Crippen LogP contribution in [0.1, 0.15) is 12.8 Å². The zero-order valence-electron chi connectivity index (χ0n) is 11.6. The molecule has 2 N–H and O–H groups in total. The van der Waals surface area contributed by atoms with E-state index in [4.69, 9.17) is 9.47 Å². The molecule has 0 aromatic carbocycles. The molecule has 1 aliphatic heterocycles. The Kier molecular flexibility index (Phi) is 9.87. The number of methoxy groups -OCH3 is 1. The lowest BCUT2D eigenvalue weighted by atomic mass is 9.79. The van der Waals surface area contributed by atoms with Gasteiger partial charge in [-0.1, -0.05) is 6.08 Å². The molecule has 1 saturated heterocycles. The summed E-state index contributed by atoms with van der Waals surface area (Å²) in [6.45, 7) is 7.32. The second-order valence-corrected chi connectivity index (χ2v) is 4.76. The molecule has 0 unspecified atom stereocenters. The molecule has 0 saturated carbocycles. The summed E-state index contributed by atoms with van der Waals surface area (Å²) in [7, 11) is 1.71. The molecule has 0 aromatic rings. The third-order valence-electron chi connectivity index (χ3n) is 3.24. The summed E-state index contributed by atoms with van der Waals surface area (Å²) in [4.78, 5) is 11.6. The number of amides is 1. The SMILES string of the molecule is C=CCOCC(=O)NCC1(COC)CCNCC1.Cl. The van der Waals surface area contributed by atoms with E-state index in [2.05, 4.69) is 17.2 Å². The van der Waals surface area contributed by atoms with Gasteiger partial charge < -0.3 is 20.1 Å². The molecule has 1 aliphatic rings. The van der Waals surface area contributed by atoms with Crippen LogP contribution in [0.3, 0.4) is 0 Å². The van der Waals surface area contributed by atoms with Gasteiger partial charge in [-0.25, -0.2) is 0 Å². The lowest BCUT2D eigenvalue weighted by Gasteiger charge is -2.37. The summed E-state index contributed by atoms with van der Waals surface area (Å²) in [6.07, 6.45) is 3.68. The lowest BCUT2D eigenvalue weighted by Crippen LogP contribution is -2.47. The molecule has 19 heavy (non-hydrogen) atoms. The van der Waals surface area contributed by atoms with Crippen LogP contribution in [-0.4, -0.2) is 52.5 Å². The fraction of sp³-hybridized carbons (Fsp3) is 0.769. The number of piperidine rings is 1. The Bertz CT molecular complexity index is 263. The molecule has 0 bridgehead atoms. The normalized spacial score (nSPS) is 17.3. The van der Waals surface area contributed by atoms with Gasteiger partial charge in [-0.3, -0.25) is 4.79 Å². The minimum atomic E-state index is -0.0779. The fourth-order valence-corrected chi connectivity index (χ4v) is 2.21. The van der Waals surface area contributed by atoms with Gasteiger partial charge in [0.25, 0.3) is 0 Å². The van der Waals surface area contributed by atoms with E-state index in [1.165, 1.54) is 0 Å². The van der Waals surface area contributed by atoms with Crippen molar-refractivity contribution in [2.24, 2.45) is 5.41 Å². The number of carbonyl (C=O) groups is 1. The van der Waals surface area contributed by atoms with Crippen molar-refractivity contribution in [1.82, 2.24) is 10.6 Å². The third kappa shape index (κ3) is 6.92. The van der Waals surface area contributed by atoms with Gasteiger partial charge in [0.05, 0.1) is 13.2 Å². The molecule has 5 nitrogen and oxygen atoms in total. The number of hydrogen-bond acceptors (Lipinski definition) is 4. The van der Waals surface area contributed by atoms with E-state index < -0.39 is 0 Å². The second-order valence-electron chi connectivity index (χ2n) is 4.76. The maximum absolute atomic E-state index is 11.6. The largest absolute Gasteiger partial charge is 0.384 e. The van der Waals surface area contributed by atoms with E-state index in [9.17, 15) is 4.79 Å². The first-order valence-corrected chi connectivity index (χ1v) is 6.37. The standard InChI is InChI=1S/C13H24N2O3.ClH/c1-3-8-18-9-12(16)15-10-13(11-17-2)4-6-14-7-5-13;/h3,14H,1,4-11H2,2H3,(H,15,16);1H. The van der Waals surface area contributed by atoms with Crippen molar-refractivity contribution < 1.29 is 14.3 Å². The highest BCUT2D eigenvalue weighted by molar-refractivity contribution is 5.85. The van der Waals surface area contributed by atoms with E-state index in [0.29, 0.717) is 19.8 Å². The fourth-order valence-electron chi connectivity index (χ4n) is 2.21. The second kappa shape index (κ2) is 10.2. The number of rotatable bonds is 8. The molecular weight excluding hydrogens is 268 g/mol. The average molecular weight is 293 g/mol. The number of hydrogen-bond donors (Lipinski definition) is 2. The van der Waals surface area contributed by atoms with Crippen molar-refractivity contribution in [3.8, 4) is 0 Å². The van der Waals surface area contributed by atoms with Crippen LogP contribution in [0.25, 0.3) is 0 Å². The van der Waals surface area contributed by atoms with Crippen LogP contribution in [-0.2, 0) is 14.3 Å². The van der Waals surface area contributed by atoms with E-state index in [1.54, 1.807) is 13.2 Å². The van der Waals surface area contributed by atoms with E-state index >= 15 is 0 Å². The van der Waals surface area contributed by atoms with Gasteiger partial charge in [0.1, 0.15) is 6.61 Å². The van der Waals surface area contributed by atoms with Gasteiger partial charge in [-0.15, -0.1) is 19.0 Å². The topological polar surface area (TPSA) is 59.6 Å². The van der Waals surface area contributed by atoms with Gasteiger partial charge in [-0.05, 0) is 25.9 Å². The average Bonchev–Trinajstić information content (AvgIpc) is 2.38. The van der Waals surface area contributed by atoms with E-state index in [-0.39, 0.29) is 30.3 Å². The van der Waals surface area contributed by atoms with Crippen molar-refractivity contribution in [1.29, 1.82) is 0 Å². The van der Waals surface area contributed by atoms with Gasteiger partial charge in [0.15, 0.2) is 0 Å². The van der Waals surface area contributed by atoms with Gasteiger partial charge in [0.2, 0.25) is 5.91 Å². The zero-order chi connectivity index (χ0) is 13.3. The molecule has 1 rings (SSSR count). The summed E-state index contributed by atoms with van der Waals surface area (Å²) in [6, 6.07) is 0. The van der Waals surface area contributed by atoms with Crippen LogP contribution in [0.4, 0.5) is 0 Å². The summed E-state index contributed by atoms with van der Waals surface area (Å²) in [5.41, 5.74) is 0.0636. The summed E-state index contributed by atoms with van der Waals surface area (Å²) >= 11 is 0. The molecule has 1 heterocycles. The Labute approximate surface area is 121 Å². The number of nitrogens with one attached hydrogen (secondary N) is 2. The van der Waals surface area contributed by atoms with Crippen LogP contribution < -0.4 is 10.6 Å². The minimum Gasteiger partial charge on any atom is -0.384 e. The predicted octanol–water partition coefficient (Wildman–Crippen LogP) is 0.743. The highest BCUT2D eigenvalue weighted by Gasteiger charge is 2.32. The summed E-state index contributed by atoms with van der Waals surface area (Å²) in [5.74, 6) is -0.0779. The minimum absolute atomic E-state index is 0. The highest BCUT2D eigenvalue weighted by atomic mass is 35.5. The summed E-state index contributed by atoms with van der Waals surface area (Å²) < 4.78 is 10.4. The Morgan fingerprint density at radius 1 is 1.47 bits per heavy atom. The number of ether oxygens (including phenoxy) is 2. The van der Waals surface area contributed by atoms with Crippen molar-refractivity contribution in [2.45, 2.75) is 12.8 Å². The Hall–Kier alpha value is -0.620. The first-order chi connectivity index (χ1) is 8.72. The molecular formula is C13H25ClN2O3. The van der Waals surface area contributed by atoms with Crippen molar-refractivity contribution in [2.75, 3.05) is 46.6 Å². The maximum Gasteiger partial charge on any atom is 0.246 e. The maximum atomic E-state index is 11.6. The molecule has 0 atom stereocenters. The molecule has 1 fully saturated rings. The summed E-state index contributed by atoms with van der Waals surface area (Å²) in [5, 5.41) is 6.25. The Balaban J connectivity index is 0.00000324. The number of halogens is 1. The lowest BCUT2D eigenvalue weighted by molar-refractivity contribution is -0.126. The molecule has 0 spiro atoms. The molecule has 1 amide bonds. The molecule has 0 aliphatic carbocycles. The quantitative estimate of drug-likeness (QED) is 0.512. The van der Waals surface area contributed by atoms with Gasteiger partial charge in [0, 0.05) is 19.1 Å². The van der Waals surface area contributed by atoms with Gasteiger partial charge >= 0.3 is 0 Å². The highest BCUT2D eigenvalue weighted by Crippen LogP contribution is 2.28. The van der Waals surface area contributed by atoms with Crippen LogP contribution >= 0.6 is 12.4 Å². The Morgan fingerprint density at radius 3 is 2.74 bits per heavy atom. The molecule has 0 aromatic heterocycles. The van der Waals surface area contributed by atoms with E-state index in [0.717, 1.165) is 25.9 Å². The molecule has 112 valence electrons. The Morgan fingerprint density at radius 2 is 2.16 bits per heavy atom. The van der Waals surface area contributed by atoms with E-state index in [1.807, 2.05) is 0 Å². The third-order valence-corrected chi connectivity index (χ3v) is 3.24. The molecule has 6 heteroatoms. The van der Waals surface area contributed by atoms with Gasteiger partial charge in [-0.2, -0.15) is 0 Å². The van der Waals surface area contributed by atoms with Crippen molar-refractivity contribution >= 4 is 18.3 Å². The van der Waals surface area contributed by atoms with Crippen LogP contribution in [0, 0.1) is 5.41 Å². The predicted molar refractivity (Wildman–Crippen MR) is 77.7 cm³/mol. The monoisotopic (exact) mass is 292 g/mol.